The van der Waals surface area contributed by atoms with Crippen LogP contribution in [0, 0.1) is 18.6 Å². The van der Waals surface area contributed by atoms with Crippen LogP contribution in [0.15, 0.2) is 12.1 Å². The topological polar surface area (TPSA) is 20.2 Å². The smallest absolute Gasteiger partial charge is 0.134 e. The molecule has 0 aliphatic heterocycles. The molecule has 1 nitrogen and oxygen atoms in total. The third kappa shape index (κ3) is 1.86. The molecule has 0 radical (unpaired) electrons. The van der Waals surface area contributed by atoms with Crippen molar-refractivity contribution in [2.45, 2.75) is 26.4 Å². The molecule has 0 aliphatic carbocycles. The fourth-order valence-corrected chi connectivity index (χ4v) is 1.16. The Morgan fingerprint density at radius 3 is 2.54 bits per heavy atom. The largest absolute Gasteiger partial charge is 0.388 e. The second-order valence-electron chi connectivity index (χ2n) is 3.00. The van der Waals surface area contributed by atoms with Gasteiger partial charge in [0.1, 0.15) is 11.6 Å². The summed E-state index contributed by atoms with van der Waals surface area (Å²) in [6.07, 6.45) is -0.429. The Labute approximate surface area is 76.0 Å². The predicted molar refractivity (Wildman–Crippen MR) is 46.3 cm³/mol. The Balaban J connectivity index is 3.18. The molecule has 0 saturated carbocycles. The van der Waals surface area contributed by atoms with Gasteiger partial charge in [-0.1, -0.05) is 13.0 Å². The van der Waals surface area contributed by atoms with E-state index in [2.05, 4.69) is 0 Å². The molecular weight excluding hydrogens is 174 g/mol. The highest BCUT2D eigenvalue weighted by Gasteiger charge is 2.14. The summed E-state index contributed by atoms with van der Waals surface area (Å²) in [6, 6.07) is 2.46. The molecule has 72 valence electrons. The molecule has 1 N–H and O–H groups in total. The summed E-state index contributed by atoms with van der Waals surface area (Å²) < 4.78 is 26.1. The van der Waals surface area contributed by atoms with Gasteiger partial charge in [-0.05, 0) is 19.4 Å². The SMILES string of the molecule is CCC(O)c1ccc(F)c(C)c1F. The standard InChI is InChI=1S/C10H12F2O/c1-3-9(13)7-4-5-8(11)6(2)10(7)12/h4-5,9,13H,3H2,1-2H3. The molecule has 0 fully saturated rings. The molecule has 0 spiro atoms. The first-order valence-electron chi connectivity index (χ1n) is 4.20. The van der Waals surface area contributed by atoms with Crippen LogP contribution in [0.4, 0.5) is 8.78 Å². The summed E-state index contributed by atoms with van der Waals surface area (Å²) in [6.45, 7) is 3.10. The van der Waals surface area contributed by atoms with Gasteiger partial charge in [-0.25, -0.2) is 8.78 Å². The highest BCUT2D eigenvalue weighted by Crippen LogP contribution is 2.23. The van der Waals surface area contributed by atoms with Crippen LogP contribution in [0.3, 0.4) is 0 Å². The second-order valence-corrected chi connectivity index (χ2v) is 3.00. The van der Waals surface area contributed by atoms with Crippen LogP contribution < -0.4 is 0 Å². The molecule has 13 heavy (non-hydrogen) atoms. The Hall–Kier alpha value is -0.960. The number of rotatable bonds is 2. The van der Waals surface area contributed by atoms with Crippen LogP contribution in [-0.2, 0) is 0 Å². The molecule has 1 aromatic rings. The molecule has 1 unspecified atom stereocenters. The first-order valence-corrected chi connectivity index (χ1v) is 4.20. The van der Waals surface area contributed by atoms with Crippen LogP contribution in [0.2, 0.25) is 0 Å². The van der Waals surface area contributed by atoms with Gasteiger partial charge in [0, 0.05) is 11.1 Å². The van der Waals surface area contributed by atoms with Gasteiger partial charge in [0.05, 0.1) is 6.10 Å². The summed E-state index contributed by atoms with van der Waals surface area (Å²) in [5.74, 6) is -1.22. The first kappa shape index (κ1) is 10.1. The number of aliphatic hydroxyl groups is 1. The van der Waals surface area contributed by atoms with Gasteiger partial charge in [-0.15, -0.1) is 0 Å². The number of hydrogen-bond acceptors (Lipinski definition) is 1. The predicted octanol–water partition coefficient (Wildman–Crippen LogP) is 2.72. The van der Waals surface area contributed by atoms with Crippen LogP contribution in [0.25, 0.3) is 0 Å². The van der Waals surface area contributed by atoms with Crippen molar-refractivity contribution < 1.29 is 13.9 Å². The summed E-state index contributed by atoms with van der Waals surface area (Å²) in [7, 11) is 0. The van der Waals surface area contributed by atoms with Gasteiger partial charge in [-0.2, -0.15) is 0 Å². The number of halogens is 2. The number of hydrogen-bond donors (Lipinski definition) is 1. The van der Waals surface area contributed by atoms with Crippen molar-refractivity contribution in [1.82, 2.24) is 0 Å². The van der Waals surface area contributed by atoms with Crippen LogP contribution in [0.5, 0.6) is 0 Å². The first-order chi connectivity index (χ1) is 6.07. The highest BCUT2D eigenvalue weighted by atomic mass is 19.1. The molecule has 0 aromatic heterocycles. The summed E-state index contributed by atoms with van der Waals surface area (Å²) in [4.78, 5) is 0. The molecule has 0 aliphatic rings. The van der Waals surface area contributed by atoms with E-state index in [-0.39, 0.29) is 11.1 Å². The van der Waals surface area contributed by atoms with E-state index in [1.165, 1.54) is 19.1 Å². The zero-order chi connectivity index (χ0) is 10.0. The Kier molecular flexibility index (Phi) is 2.98. The lowest BCUT2D eigenvalue weighted by atomic mass is 10.0. The zero-order valence-electron chi connectivity index (χ0n) is 7.64. The van der Waals surface area contributed by atoms with E-state index >= 15 is 0 Å². The van der Waals surface area contributed by atoms with Crippen molar-refractivity contribution in [2.24, 2.45) is 0 Å². The second kappa shape index (κ2) is 3.83. The van der Waals surface area contributed by atoms with E-state index in [0.717, 1.165) is 0 Å². The van der Waals surface area contributed by atoms with Crippen molar-refractivity contribution in [3.05, 3.63) is 34.9 Å². The van der Waals surface area contributed by atoms with E-state index in [9.17, 15) is 13.9 Å². The third-order valence-electron chi connectivity index (χ3n) is 2.10. The van der Waals surface area contributed by atoms with Crippen molar-refractivity contribution in [1.29, 1.82) is 0 Å². The van der Waals surface area contributed by atoms with Gasteiger partial charge in [0.15, 0.2) is 0 Å². The van der Waals surface area contributed by atoms with Gasteiger partial charge in [0.25, 0.3) is 0 Å². The zero-order valence-corrected chi connectivity index (χ0v) is 7.64. The Morgan fingerprint density at radius 2 is 2.00 bits per heavy atom. The fourth-order valence-electron chi connectivity index (χ4n) is 1.16. The van der Waals surface area contributed by atoms with E-state index in [4.69, 9.17) is 0 Å². The molecule has 1 aromatic carbocycles. The molecule has 0 saturated heterocycles. The molecule has 1 atom stereocenters. The van der Waals surface area contributed by atoms with E-state index < -0.39 is 17.7 Å². The minimum absolute atomic E-state index is 0.0370. The average Bonchev–Trinajstić information content (AvgIpc) is 2.13. The highest BCUT2D eigenvalue weighted by molar-refractivity contribution is 5.27. The minimum Gasteiger partial charge on any atom is -0.388 e. The lowest BCUT2D eigenvalue weighted by molar-refractivity contribution is 0.168. The Bertz CT molecular complexity index is 310. The fraction of sp³-hybridized carbons (Fsp3) is 0.400. The summed E-state index contributed by atoms with van der Waals surface area (Å²) in [5.41, 5.74) is 0.131. The Morgan fingerprint density at radius 1 is 1.38 bits per heavy atom. The number of benzene rings is 1. The monoisotopic (exact) mass is 186 g/mol. The van der Waals surface area contributed by atoms with Gasteiger partial charge in [0.2, 0.25) is 0 Å². The molecule has 0 heterocycles. The summed E-state index contributed by atoms with van der Waals surface area (Å²) in [5, 5.41) is 9.36. The van der Waals surface area contributed by atoms with Crippen LogP contribution in [-0.4, -0.2) is 5.11 Å². The maximum Gasteiger partial charge on any atom is 0.134 e. The van der Waals surface area contributed by atoms with Crippen LogP contribution in [0.1, 0.15) is 30.6 Å². The summed E-state index contributed by atoms with van der Waals surface area (Å²) >= 11 is 0. The average molecular weight is 186 g/mol. The van der Waals surface area contributed by atoms with Crippen LogP contribution >= 0.6 is 0 Å². The van der Waals surface area contributed by atoms with Crippen molar-refractivity contribution >= 4 is 0 Å². The van der Waals surface area contributed by atoms with E-state index in [1.807, 2.05) is 0 Å². The van der Waals surface area contributed by atoms with Gasteiger partial charge in [-0.3, -0.25) is 0 Å². The number of aliphatic hydroxyl groups excluding tert-OH is 1. The van der Waals surface area contributed by atoms with E-state index in [0.29, 0.717) is 6.42 Å². The normalized spacial score (nSPS) is 13.0. The minimum atomic E-state index is -0.848. The molecule has 3 heteroatoms. The van der Waals surface area contributed by atoms with Crippen molar-refractivity contribution in [3.63, 3.8) is 0 Å². The van der Waals surface area contributed by atoms with Gasteiger partial charge >= 0.3 is 0 Å². The third-order valence-corrected chi connectivity index (χ3v) is 2.10. The lowest BCUT2D eigenvalue weighted by Gasteiger charge is -2.10. The quantitative estimate of drug-likeness (QED) is 0.752. The molecule has 0 amide bonds. The van der Waals surface area contributed by atoms with Crippen molar-refractivity contribution in [2.75, 3.05) is 0 Å². The van der Waals surface area contributed by atoms with E-state index in [1.54, 1.807) is 6.92 Å². The molecular formula is C10H12F2O. The van der Waals surface area contributed by atoms with Gasteiger partial charge < -0.3 is 5.11 Å². The molecule has 0 bridgehead atoms. The maximum absolute atomic E-state index is 13.3. The van der Waals surface area contributed by atoms with Crippen molar-refractivity contribution in [3.8, 4) is 0 Å². The lowest BCUT2D eigenvalue weighted by Crippen LogP contribution is -2.02. The molecule has 1 rings (SSSR count). The maximum atomic E-state index is 13.3.